The molecule has 0 aliphatic carbocycles. The number of hydrogen-bond donors (Lipinski definition) is 1. The lowest BCUT2D eigenvalue weighted by Crippen LogP contribution is -2.36. The maximum atomic E-state index is 12.4. The van der Waals surface area contributed by atoms with Crippen LogP contribution in [0.1, 0.15) is 10.4 Å². The van der Waals surface area contributed by atoms with Crippen LogP contribution in [0.2, 0.25) is 0 Å². The van der Waals surface area contributed by atoms with Crippen molar-refractivity contribution in [3.63, 3.8) is 0 Å². The molecule has 0 bridgehead atoms. The smallest absolute Gasteiger partial charge is 0.311 e. The Morgan fingerprint density at radius 1 is 1.19 bits per heavy atom. The molecule has 8 heteroatoms. The van der Waals surface area contributed by atoms with Crippen molar-refractivity contribution in [1.29, 1.82) is 0 Å². The number of hydrogen-bond acceptors (Lipinski definition) is 6. The van der Waals surface area contributed by atoms with Crippen LogP contribution in [0.25, 0.3) is 0 Å². The molecule has 3 rings (SSSR count). The van der Waals surface area contributed by atoms with E-state index >= 15 is 0 Å². The average molecular weight is 357 g/mol. The molecule has 1 aliphatic rings. The minimum atomic E-state index is -0.577. The van der Waals surface area contributed by atoms with Gasteiger partial charge in [0.15, 0.2) is 5.75 Å². The van der Waals surface area contributed by atoms with Crippen molar-refractivity contribution in [2.45, 2.75) is 0 Å². The number of rotatable bonds is 5. The molecule has 2 aromatic rings. The van der Waals surface area contributed by atoms with Crippen molar-refractivity contribution in [1.82, 2.24) is 0 Å². The zero-order chi connectivity index (χ0) is 18.5. The SMILES string of the molecule is COc1ccc(C(=O)Nc2ccc(N3CCOCC3)cc2)cc1[N+](=O)[O-]. The van der Waals surface area contributed by atoms with E-state index in [1.807, 2.05) is 12.1 Å². The molecule has 1 heterocycles. The van der Waals surface area contributed by atoms with Crippen molar-refractivity contribution in [2.24, 2.45) is 0 Å². The Labute approximate surface area is 150 Å². The van der Waals surface area contributed by atoms with Crippen LogP contribution in [0.15, 0.2) is 42.5 Å². The number of anilines is 2. The molecule has 0 saturated carbocycles. The number of morpholine rings is 1. The maximum absolute atomic E-state index is 12.4. The minimum absolute atomic E-state index is 0.112. The van der Waals surface area contributed by atoms with Gasteiger partial charge in [-0.3, -0.25) is 14.9 Å². The molecule has 0 aromatic heterocycles. The fourth-order valence-electron chi connectivity index (χ4n) is 2.75. The zero-order valence-corrected chi connectivity index (χ0v) is 14.3. The number of nitro groups is 1. The van der Waals surface area contributed by atoms with Crippen molar-refractivity contribution in [3.05, 3.63) is 58.1 Å². The zero-order valence-electron chi connectivity index (χ0n) is 14.3. The van der Waals surface area contributed by atoms with Gasteiger partial charge in [0.1, 0.15) is 0 Å². The first-order chi connectivity index (χ1) is 12.6. The molecular formula is C18H19N3O5. The number of methoxy groups -OCH3 is 1. The number of ether oxygens (including phenoxy) is 2. The summed E-state index contributed by atoms with van der Waals surface area (Å²) < 4.78 is 10.3. The lowest BCUT2D eigenvalue weighted by Gasteiger charge is -2.28. The van der Waals surface area contributed by atoms with Gasteiger partial charge in [-0.2, -0.15) is 0 Å². The van der Waals surface area contributed by atoms with E-state index in [1.165, 1.54) is 25.3 Å². The van der Waals surface area contributed by atoms with Crippen LogP contribution in [0.5, 0.6) is 5.75 Å². The van der Waals surface area contributed by atoms with Crippen LogP contribution in [0, 0.1) is 10.1 Å². The molecule has 1 saturated heterocycles. The van der Waals surface area contributed by atoms with Crippen LogP contribution in [-0.4, -0.2) is 44.2 Å². The maximum Gasteiger partial charge on any atom is 0.311 e. The number of carbonyl (C=O) groups is 1. The van der Waals surface area contributed by atoms with Crippen molar-refractivity contribution < 1.29 is 19.2 Å². The Morgan fingerprint density at radius 2 is 1.88 bits per heavy atom. The summed E-state index contributed by atoms with van der Waals surface area (Å²) in [5.41, 5.74) is 1.62. The van der Waals surface area contributed by atoms with Gasteiger partial charge in [-0.05, 0) is 36.4 Å². The molecule has 1 fully saturated rings. The van der Waals surface area contributed by atoms with Gasteiger partial charge in [0.05, 0.1) is 25.2 Å². The summed E-state index contributed by atoms with van der Waals surface area (Å²) in [4.78, 5) is 25.1. The van der Waals surface area contributed by atoms with E-state index in [-0.39, 0.29) is 17.0 Å². The Balaban J connectivity index is 1.71. The number of nitrogens with one attached hydrogen (secondary N) is 1. The lowest BCUT2D eigenvalue weighted by atomic mass is 10.1. The van der Waals surface area contributed by atoms with Gasteiger partial charge < -0.3 is 19.7 Å². The van der Waals surface area contributed by atoms with E-state index in [0.29, 0.717) is 18.9 Å². The molecule has 0 atom stereocenters. The van der Waals surface area contributed by atoms with E-state index < -0.39 is 10.8 Å². The van der Waals surface area contributed by atoms with Crippen molar-refractivity contribution >= 4 is 23.0 Å². The summed E-state index contributed by atoms with van der Waals surface area (Å²) >= 11 is 0. The Bertz CT molecular complexity index is 801. The second-order valence-corrected chi connectivity index (χ2v) is 5.74. The van der Waals surface area contributed by atoms with E-state index in [0.717, 1.165) is 18.8 Å². The monoisotopic (exact) mass is 357 g/mol. The van der Waals surface area contributed by atoms with Gasteiger partial charge >= 0.3 is 5.69 Å². The van der Waals surface area contributed by atoms with Gasteiger partial charge in [0, 0.05) is 36.1 Å². The van der Waals surface area contributed by atoms with Gasteiger partial charge in [-0.25, -0.2) is 0 Å². The van der Waals surface area contributed by atoms with Crippen LogP contribution in [0.4, 0.5) is 17.1 Å². The Hall–Kier alpha value is -3.13. The highest BCUT2D eigenvalue weighted by Crippen LogP contribution is 2.28. The molecule has 2 aromatic carbocycles. The fourth-order valence-corrected chi connectivity index (χ4v) is 2.75. The van der Waals surface area contributed by atoms with E-state index in [9.17, 15) is 14.9 Å². The van der Waals surface area contributed by atoms with Crippen LogP contribution < -0.4 is 15.0 Å². The van der Waals surface area contributed by atoms with Gasteiger partial charge in [0.2, 0.25) is 0 Å². The van der Waals surface area contributed by atoms with Crippen LogP contribution in [-0.2, 0) is 4.74 Å². The Morgan fingerprint density at radius 3 is 2.50 bits per heavy atom. The van der Waals surface area contributed by atoms with E-state index in [4.69, 9.17) is 9.47 Å². The number of amides is 1. The normalized spacial score (nSPS) is 14.0. The molecule has 1 amide bonds. The number of carbonyl (C=O) groups excluding carboxylic acids is 1. The summed E-state index contributed by atoms with van der Waals surface area (Å²) in [5.74, 6) is -0.309. The fraction of sp³-hybridized carbons (Fsp3) is 0.278. The van der Waals surface area contributed by atoms with Crippen molar-refractivity contribution in [3.8, 4) is 5.75 Å². The third-order valence-electron chi connectivity index (χ3n) is 4.14. The highest BCUT2D eigenvalue weighted by Gasteiger charge is 2.18. The second kappa shape index (κ2) is 7.83. The number of benzene rings is 2. The van der Waals surface area contributed by atoms with E-state index in [2.05, 4.69) is 10.2 Å². The quantitative estimate of drug-likeness (QED) is 0.653. The van der Waals surface area contributed by atoms with Gasteiger partial charge in [-0.15, -0.1) is 0 Å². The number of nitrogens with zero attached hydrogens (tertiary/aromatic N) is 2. The molecule has 0 radical (unpaired) electrons. The predicted molar refractivity (Wildman–Crippen MR) is 97.1 cm³/mol. The summed E-state index contributed by atoms with van der Waals surface area (Å²) in [6.07, 6.45) is 0. The third-order valence-corrected chi connectivity index (χ3v) is 4.14. The molecule has 1 N–H and O–H groups in total. The van der Waals surface area contributed by atoms with Gasteiger partial charge in [0.25, 0.3) is 5.91 Å². The molecule has 0 spiro atoms. The minimum Gasteiger partial charge on any atom is -0.490 e. The summed E-state index contributed by atoms with van der Waals surface area (Å²) in [5, 5.41) is 13.8. The van der Waals surface area contributed by atoms with Crippen LogP contribution in [0.3, 0.4) is 0 Å². The molecule has 0 unspecified atom stereocenters. The lowest BCUT2D eigenvalue weighted by molar-refractivity contribution is -0.385. The topological polar surface area (TPSA) is 93.9 Å². The standard InChI is InChI=1S/C18H19N3O5/c1-25-17-7-2-13(12-16(17)21(23)24)18(22)19-14-3-5-15(6-4-14)20-8-10-26-11-9-20/h2-7,12H,8-11H2,1H3,(H,19,22). The number of nitro benzene ring substituents is 1. The highest BCUT2D eigenvalue weighted by molar-refractivity contribution is 6.04. The first kappa shape index (κ1) is 17.7. The predicted octanol–water partition coefficient (Wildman–Crippen LogP) is 2.69. The molecular weight excluding hydrogens is 338 g/mol. The second-order valence-electron chi connectivity index (χ2n) is 5.74. The largest absolute Gasteiger partial charge is 0.490 e. The molecule has 8 nitrogen and oxygen atoms in total. The third kappa shape index (κ3) is 3.92. The highest BCUT2D eigenvalue weighted by atomic mass is 16.6. The van der Waals surface area contributed by atoms with E-state index in [1.54, 1.807) is 12.1 Å². The first-order valence-corrected chi connectivity index (χ1v) is 8.15. The molecule has 136 valence electrons. The molecule has 1 aliphatic heterocycles. The average Bonchev–Trinajstić information content (AvgIpc) is 2.68. The first-order valence-electron chi connectivity index (χ1n) is 8.15. The Kier molecular flexibility index (Phi) is 5.33. The summed E-state index contributed by atoms with van der Waals surface area (Å²) in [6, 6.07) is 11.6. The summed E-state index contributed by atoms with van der Waals surface area (Å²) in [7, 11) is 1.35. The summed E-state index contributed by atoms with van der Waals surface area (Å²) in [6.45, 7) is 3.08. The van der Waals surface area contributed by atoms with Crippen molar-refractivity contribution in [2.75, 3.05) is 43.6 Å². The van der Waals surface area contributed by atoms with Gasteiger partial charge in [-0.1, -0.05) is 0 Å². The van der Waals surface area contributed by atoms with Crippen LogP contribution >= 0.6 is 0 Å². The molecule has 26 heavy (non-hydrogen) atoms.